The van der Waals surface area contributed by atoms with Crippen LogP contribution in [0.2, 0.25) is 0 Å². The Balaban J connectivity index is 1.78. The minimum atomic E-state index is -0.132. The molecule has 0 spiro atoms. The highest BCUT2D eigenvalue weighted by Gasteiger charge is 2.42. The van der Waals surface area contributed by atoms with Crippen LogP contribution in [0.4, 0.5) is 10.6 Å². The van der Waals surface area contributed by atoms with Gasteiger partial charge >= 0.3 is 6.03 Å². The van der Waals surface area contributed by atoms with Crippen LogP contribution >= 0.6 is 0 Å². The number of carbonyl (C=O) groups excluding carboxylic acids is 1. The predicted octanol–water partition coefficient (Wildman–Crippen LogP) is 2.66. The lowest BCUT2D eigenvalue weighted by atomic mass is 10.0. The lowest BCUT2D eigenvalue weighted by Gasteiger charge is -2.26. The number of hydrogen-bond acceptors (Lipinski definition) is 3. The van der Waals surface area contributed by atoms with Crippen molar-refractivity contribution in [1.29, 1.82) is 0 Å². The van der Waals surface area contributed by atoms with E-state index >= 15 is 0 Å². The third kappa shape index (κ3) is 3.03. The van der Waals surface area contributed by atoms with E-state index < -0.39 is 0 Å². The number of aromatic nitrogens is 2. The Morgan fingerprint density at radius 3 is 2.61 bits per heavy atom. The first-order valence-corrected chi connectivity index (χ1v) is 8.51. The summed E-state index contributed by atoms with van der Waals surface area (Å²) in [5, 5.41) is 7.55. The fourth-order valence-electron chi connectivity index (χ4n) is 3.95. The summed E-state index contributed by atoms with van der Waals surface area (Å²) < 4.78 is 2.06. The molecule has 128 valence electrons. The Morgan fingerprint density at radius 2 is 2.04 bits per heavy atom. The average Bonchev–Trinajstić information content (AvgIpc) is 3.05. The second-order valence-corrected chi connectivity index (χ2v) is 8.68. The van der Waals surface area contributed by atoms with Crippen molar-refractivity contribution in [3.05, 3.63) is 11.8 Å². The number of nitrogens with zero attached hydrogens (tertiary/aromatic N) is 3. The smallest absolute Gasteiger partial charge is 0.318 e. The molecular formula is C17H29N5O. The quantitative estimate of drug-likeness (QED) is 0.880. The lowest BCUT2D eigenvalue weighted by Crippen LogP contribution is -2.36. The predicted molar refractivity (Wildman–Crippen MR) is 91.3 cm³/mol. The van der Waals surface area contributed by atoms with Gasteiger partial charge in [0.25, 0.3) is 0 Å². The molecule has 6 nitrogen and oxygen atoms in total. The van der Waals surface area contributed by atoms with Gasteiger partial charge in [-0.25, -0.2) is 4.79 Å². The molecule has 1 aromatic rings. The minimum Gasteiger partial charge on any atom is -0.382 e. The number of nitrogen functional groups attached to an aromatic ring is 1. The van der Waals surface area contributed by atoms with Gasteiger partial charge in [0, 0.05) is 30.3 Å². The largest absolute Gasteiger partial charge is 0.382 e. The van der Waals surface area contributed by atoms with Gasteiger partial charge in [0.15, 0.2) is 0 Å². The summed E-state index contributed by atoms with van der Waals surface area (Å²) >= 11 is 0. The fraction of sp³-hybridized carbons (Fsp3) is 0.765. The Hall–Kier alpha value is -1.72. The van der Waals surface area contributed by atoms with Gasteiger partial charge in [-0.2, -0.15) is 5.10 Å². The van der Waals surface area contributed by atoms with E-state index in [-0.39, 0.29) is 17.1 Å². The monoisotopic (exact) mass is 319 g/mol. The third-order valence-electron chi connectivity index (χ3n) is 4.93. The number of hydrogen-bond donors (Lipinski definition) is 2. The number of nitrogens with two attached hydrogens (primary N) is 1. The summed E-state index contributed by atoms with van der Waals surface area (Å²) in [5.41, 5.74) is 6.94. The van der Waals surface area contributed by atoms with Gasteiger partial charge in [-0.1, -0.05) is 0 Å². The number of carbonyl (C=O) groups is 1. The van der Waals surface area contributed by atoms with Crippen LogP contribution < -0.4 is 11.1 Å². The van der Waals surface area contributed by atoms with Crippen LogP contribution in [0, 0.1) is 0 Å². The van der Waals surface area contributed by atoms with E-state index in [1.807, 2.05) is 11.0 Å². The molecule has 3 rings (SSSR count). The lowest BCUT2D eigenvalue weighted by molar-refractivity contribution is 0.196. The molecule has 1 aliphatic carbocycles. The van der Waals surface area contributed by atoms with E-state index in [0.29, 0.717) is 17.8 Å². The molecular weight excluding hydrogens is 290 g/mol. The maximum atomic E-state index is 12.2. The molecule has 2 fully saturated rings. The first-order chi connectivity index (χ1) is 10.6. The van der Waals surface area contributed by atoms with E-state index in [2.05, 4.69) is 49.7 Å². The standard InChI is InChI=1S/C17H29N5O/c1-16(2,3)22-13(9-14(18)20-22)11-6-7-12(8-11)21-10-17(4,5)19-15(21)23/h9,11-12H,6-8,10H2,1-5H3,(H2,18,20)(H,19,23). The number of rotatable bonds is 2. The van der Waals surface area contributed by atoms with Crippen molar-refractivity contribution < 1.29 is 4.79 Å². The molecule has 2 atom stereocenters. The van der Waals surface area contributed by atoms with Crippen molar-refractivity contribution >= 4 is 11.8 Å². The molecule has 1 aliphatic heterocycles. The molecule has 2 heterocycles. The average molecular weight is 319 g/mol. The molecule has 2 unspecified atom stereocenters. The summed E-state index contributed by atoms with van der Waals surface area (Å²) in [6, 6.07) is 2.39. The first-order valence-electron chi connectivity index (χ1n) is 8.51. The summed E-state index contributed by atoms with van der Waals surface area (Å²) in [4.78, 5) is 14.2. The molecule has 1 saturated heterocycles. The maximum absolute atomic E-state index is 12.2. The van der Waals surface area contributed by atoms with Gasteiger partial charge in [-0.3, -0.25) is 4.68 Å². The molecule has 0 radical (unpaired) electrons. The first kappa shape index (κ1) is 16.1. The van der Waals surface area contributed by atoms with Crippen LogP contribution in [-0.4, -0.2) is 38.8 Å². The summed E-state index contributed by atoms with van der Waals surface area (Å²) in [7, 11) is 0. The van der Waals surface area contributed by atoms with Gasteiger partial charge < -0.3 is 16.0 Å². The fourth-order valence-corrected chi connectivity index (χ4v) is 3.95. The van der Waals surface area contributed by atoms with E-state index in [9.17, 15) is 4.79 Å². The van der Waals surface area contributed by atoms with Crippen molar-refractivity contribution in [1.82, 2.24) is 20.0 Å². The van der Waals surface area contributed by atoms with Crippen molar-refractivity contribution in [3.8, 4) is 0 Å². The van der Waals surface area contributed by atoms with Crippen LogP contribution in [0.1, 0.15) is 65.5 Å². The number of urea groups is 1. The molecule has 0 bridgehead atoms. The Labute approximate surface area is 138 Å². The normalized spacial score (nSPS) is 27.5. The van der Waals surface area contributed by atoms with Crippen molar-refractivity contribution in [3.63, 3.8) is 0 Å². The molecule has 1 saturated carbocycles. The van der Waals surface area contributed by atoms with E-state index in [1.165, 1.54) is 5.69 Å². The van der Waals surface area contributed by atoms with E-state index in [1.54, 1.807) is 0 Å². The Morgan fingerprint density at radius 1 is 1.35 bits per heavy atom. The highest BCUT2D eigenvalue weighted by Crippen LogP contribution is 2.40. The molecule has 2 aliphatic rings. The van der Waals surface area contributed by atoms with Gasteiger partial charge in [-0.05, 0) is 53.9 Å². The summed E-state index contributed by atoms with van der Waals surface area (Å²) in [6.45, 7) is 11.4. The zero-order chi connectivity index (χ0) is 17.0. The van der Waals surface area contributed by atoms with Crippen LogP contribution in [0.25, 0.3) is 0 Å². The van der Waals surface area contributed by atoms with Crippen molar-refractivity contribution in [2.24, 2.45) is 0 Å². The minimum absolute atomic E-state index is 0.0736. The Bertz CT molecular complexity index is 613. The van der Waals surface area contributed by atoms with Gasteiger partial charge in [0.05, 0.1) is 11.1 Å². The molecule has 6 heteroatoms. The SMILES string of the molecule is CC1(C)CN(C2CCC(c3cc(N)nn3C(C)(C)C)C2)C(=O)N1. The summed E-state index contributed by atoms with van der Waals surface area (Å²) in [5.74, 6) is 0.999. The third-order valence-corrected chi connectivity index (χ3v) is 4.93. The second-order valence-electron chi connectivity index (χ2n) is 8.68. The van der Waals surface area contributed by atoms with E-state index in [4.69, 9.17) is 5.73 Å². The molecule has 2 amide bonds. The second kappa shape index (κ2) is 5.14. The highest BCUT2D eigenvalue weighted by atomic mass is 16.2. The topological polar surface area (TPSA) is 76.2 Å². The van der Waals surface area contributed by atoms with Crippen molar-refractivity contribution in [2.45, 2.75) is 76.9 Å². The van der Waals surface area contributed by atoms with Crippen molar-refractivity contribution in [2.75, 3.05) is 12.3 Å². The maximum Gasteiger partial charge on any atom is 0.318 e. The van der Waals surface area contributed by atoms with Crippen LogP contribution in [0.5, 0.6) is 0 Å². The molecule has 3 N–H and O–H groups in total. The summed E-state index contributed by atoms with van der Waals surface area (Å²) in [6.07, 6.45) is 3.12. The molecule has 1 aromatic heterocycles. The van der Waals surface area contributed by atoms with Crippen LogP contribution in [0.3, 0.4) is 0 Å². The molecule has 23 heavy (non-hydrogen) atoms. The number of amides is 2. The molecule has 0 aromatic carbocycles. The number of anilines is 1. The highest BCUT2D eigenvalue weighted by molar-refractivity contribution is 5.78. The van der Waals surface area contributed by atoms with Crippen LogP contribution in [0.15, 0.2) is 6.07 Å². The zero-order valence-electron chi connectivity index (χ0n) is 14.9. The van der Waals surface area contributed by atoms with Gasteiger partial charge in [0.1, 0.15) is 5.82 Å². The van der Waals surface area contributed by atoms with Crippen LogP contribution in [-0.2, 0) is 5.54 Å². The van der Waals surface area contributed by atoms with Gasteiger partial charge in [-0.15, -0.1) is 0 Å². The number of nitrogens with one attached hydrogen (secondary N) is 1. The Kier molecular flexibility index (Phi) is 3.61. The van der Waals surface area contributed by atoms with Gasteiger partial charge in [0.2, 0.25) is 0 Å². The zero-order valence-corrected chi connectivity index (χ0v) is 14.9. The van der Waals surface area contributed by atoms with E-state index in [0.717, 1.165) is 25.8 Å².